The minimum absolute atomic E-state index is 0.250. The Morgan fingerprint density at radius 3 is 2.89 bits per heavy atom. The van der Waals surface area contributed by atoms with Gasteiger partial charge in [0.2, 0.25) is 0 Å². The van der Waals surface area contributed by atoms with E-state index in [-0.39, 0.29) is 5.91 Å². The molecular weight excluding hydrogens is 260 g/mol. The van der Waals surface area contributed by atoms with Gasteiger partial charge in [-0.25, -0.2) is 0 Å². The number of anilines is 1. The number of amides is 1. The van der Waals surface area contributed by atoms with Gasteiger partial charge >= 0.3 is 0 Å². The van der Waals surface area contributed by atoms with E-state index in [1.807, 2.05) is 13.8 Å². The molecule has 0 aliphatic rings. The lowest BCUT2D eigenvalue weighted by molar-refractivity contribution is 0.101. The highest BCUT2D eigenvalue weighted by molar-refractivity contribution is 7.16. The number of aryl methyl sites for hydroxylation is 2. The summed E-state index contributed by atoms with van der Waals surface area (Å²) in [7, 11) is 1.71. The van der Waals surface area contributed by atoms with Crippen LogP contribution in [0.15, 0.2) is 12.3 Å². The molecule has 1 N–H and O–H groups in total. The fourth-order valence-electron chi connectivity index (χ4n) is 1.97. The fraction of sp³-hybridized carbons (Fsp3) is 0.308. The first-order valence-electron chi connectivity index (χ1n) is 5.90. The molecule has 1 amide bonds. The molecule has 0 aromatic carbocycles. The minimum atomic E-state index is -0.250. The van der Waals surface area contributed by atoms with Crippen molar-refractivity contribution >= 4 is 22.2 Å². The van der Waals surface area contributed by atoms with E-state index >= 15 is 0 Å². The van der Waals surface area contributed by atoms with Crippen LogP contribution >= 0.6 is 11.3 Å². The highest BCUT2D eigenvalue weighted by Gasteiger charge is 2.18. The molecule has 19 heavy (non-hydrogen) atoms. The number of nitriles is 1. The second kappa shape index (κ2) is 5.24. The van der Waals surface area contributed by atoms with Crippen molar-refractivity contribution in [3.63, 3.8) is 0 Å². The summed E-state index contributed by atoms with van der Waals surface area (Å²) in [6.45, 7) is 3.96. The van der Waals surface area contributed by atoms with Crippen molar-refractivity contribution in [2.75, 3.05) is 5.32 Å². The molecule has 0 fully saturated rings. The van der Waals surface area contributed by atoms with E-state index in [0.29, 0.717) is 16.3 Å². The molecule has 2 aromatic rings. The molecule has 2 aromatic heterocycles. The molecule has 0 saturated carbocycles. The fourth-order valence-corrected chi connectivity index (χ4v) is 3.07. The number of carbonyl (C=O) groups excluding carboxylic acids is 1. The Bertz CT molecular complexity index is 663. The number of hydrogen-bond acceptors (Lipinski definition) is 4. The first-order chi connectivity index (χ1) is 9.08. The van der Waals surface area contributed by atoms with Crippen LogP contribution in [0.2, 0.25) is 0 Å². The maximum atomic E-state index is 12.1. The number of rotatable bonds is 3. The quantitative estimate of drug-likeness (QED) is 0.934. The first-order valence-corrected chi connectivity index (χ1v) is 6.71. The summed E-state index contributed by atoms with van der Waals surface area (Å²) in [5.41, 5.74) is 2.04. The van der Waals surface area contributed by atoms with Gasteiger partial charge in [0.05, 0.1) is 5.56 Å². The Morgan fingerprint density at radius 2 is 2.37 bits per heavy atom. The molecule has 0 atom stereocenters. The number of hydrogen-bond donors (Lipinski definition) is 1. The summed E-state index contributed by atoms with van der Waals surface area (Å²) < 4.78 is 1.50. The summed E-state index contributed by atoms with van der Waals surface area (Å²) in [6, 6.07) is 3.82. The maximum Gasteiger partial charge on any atom is 0.274 e. The van der Waals surface area contributed by atoms with Crippen molar-refractivity contribution in [1.29, 1.82) is 5.26 Å². The Kier molecular flexibility index (Phi) is 3.67. The van der Waals surface area contributed by atoms with Crippen LogP contribution in [-0.2, 0) is 13.5 Å². The van der Waals surface area contributed by atoms with Crippen molar-refractivity contribution in [3.8, 4) is 6.07 Å². The van der Waals surface area contributed by atoms with Gasteiger partial charge in [-0.3, -0.25) is 9.48 Å². The van der Waals surface area contributed by atoms with Gasteiger partial charge in [0.25, 0.3) is 5.91 Å². The number of nitrogens with zero attached hydrogens (tertiary/aromatic N) is 3. The lowest BCUT2D eigenvalue weighted by atomic mass is 10.1. The van der Waals surface area contributed by atoms with Gasteiger partial charge in [-0.15, -0.1) is 11.3 Å². The predicted octanol–water partition coefficient (Wildman–Crippen LogP) is 2.48. The van der Waals surface area contributed by atoms with Gasteiger partial charge in [0.1, 0.15) is 16.8 Å². The minimum Gasteiger partial charge on any atom is -0.311 e. The lowest BCUT2D eigenvalue weighted by Gasteiger charge is -2.03. The van der Waals surface area contributed by atoms with E-state index < -0.39 is 0 Å². The van der Waals surface area contributed by atoms with Crippen molar-refractivity contribution in [1.82, 2.24) is 9.78 Å². The topological polar surface area (TPSA) is 70.7 Å². The molecule has 0 saturated heterocycles. The van der Waals surface area contributed by atoms with Gasteiger partial charge in [0, 0.05) is 18.1 Å². The maximum absolute atomic E-state index is 12.1. The smallest absolute Gasteiger partial charge is 0.274 e. The van der Waals surface area contributed by atoms with Crippen LogP contribution in [0.25, 0.3) is 0 Å². The summed E-state index contributed by atoms with van der Waals surface area (Å²) in [5.74, 6) is -0.250. The Balaban J connectivity index is 2.33. The zero-order valence-corrected chi connectivity index (χ0v) is 11.8. The number of thiophene rings is 1. The molecule has 0 unspecified atom stereocenters. The Morgan fingerprint density at radius 1 is 1.63 bits per heavy atom. The van der Waals surface area contributed by atoms with E-state index in [1.54, 1.807) is 19.3 Å². The SMILES string of the molecule is CCc1c(C)sc(NC(=O)c2ccnn2C)c1C#N. The average molecular weight is 274 g/mol. The van der Waals surface area contributed by atoms with E-state index in [9.17, 15) is 10.1 Å². The number of aromatic nitrogens is 2. The standard InChI is InChI=1S/C13H14N4OS/c1-4-9-8(2)19-13(10(9)7-14)16-12(18)11-5-6-15-17(11)3/h5-6H,4H2,1-3H3,(H,16,18). The Labute approximate surface area is 115 Å². The number of nitrogens with one attached hydrogen (secondary N) is 1. The van der Waals surface area contributed by atoms with Crippen molar-refractivity contribution in [3.05, 3.63) is 34.0 Å². The van der Waals surface area contributed by atoms with Crippen molar-refractivity contribution in [2.45, 2.75) is 20.3 Å². The highest BCUT2D eigenvalue weighted by atomic mass is 32.1. The van der Waals surface area contributed by atoms with Crippen LogP contribution in [0.3, 0.4) is 0 Å². The molecule has 2 rings (SSSR count). The molecule has 6 heteroatoms. The molecule has 98 valence electrons. The molecule has 0 bridgehead atoms. The van der Waals surface area contributed by atoms with Crippen LogP contribution in [0, 0.1) is 18.3 Å². The van der Waals surface area contributed by atoms with Crippen molar-refractivity contribution < 1.29 is 4.79 Å². The summed E-state index contributed by atoms with van der Waals surface area (Å²) in [5, 5.41) is 16.6. The average Bonchev–Trinajstić information content (AvgIpc) is 2.92. The van der Waals surface area contributed by atoms with Crippen LogP contribution in [0.5, 0.6) is 0 Å². The predicted molar refractivity (Wildman–Crippen MR) is 74.3 cm³/mol. The molecular formula is C13H14N4OS. The first kappa shape index (κ1) is 13.3. The zero-order chi connectivity index (χ0) is 14.0. The third kappa shape index (κ3) is 2.37. The monoisotopic (exact) mass is 274 g/mol. The van der Waals surface area contributed by atoms with Gasteiger partial charge < -0.3 is 5.32 Å². The van der Waals surface area contributed by atoms with Crippen LogP contribution in [0.4, 0.5) is 5.00 Å². The van der Waals surface area contributed by atoms with Crippen molar-refractivity contribution in [2.24, 2.45) is 7.05 Å². The third-order valence-electron chi connectivity index (χ3n) is 2.95. The third-order valence-corrected chi connectivity index (χ3v) is 4.02. The molecule has 0 aliphatic carbocycles. The summed E-state index contributed by atoms with van der Waals surface area (Å²) in [4.78, 5) is 13.2. The van der Waals surface area contributed by atoms with Crippen LogP contribution < -0.4 is 5.32 Å². The molecule has 0 radical (unpaired) electrons. The van der Waals surface area contributed by atoms with Crippen LogP contribution in [0.1, 0.15) is 33.4 Å². The summed E-state index contributed by atoms with van der Waals surface area (Å²) >= 11 is 1.44. The van der Waals surface area contributed by atoms with Gasteiger partial charge in [-0.1, -0.05) is 6.92 Å². The highest BCUT2D eigenvalue weighted by Crippen LogP contribution is 2.32. The molecule has 5 nitrogen and oxygen atoms in total. The number of carbonyl (C=O) groups is 1. The largest absolute Gasteiger partial charge is 0.311 e. The molecule has 2 heterocycles. The second-order valence-electron chi connectivity index (χ2n) is 4.10. The zero-order valence-electron chi connectivity index (χ0n) is 11.0. The van der Waals surface area contributed by atoms with Gasteiger partial charge in [-0.2, -0.15) is 10.4 Å². The van der Waals surface area contributed by atoms with Gasteiger partial charge in [0.15, 0.2) is 0 Å². The Hall–Kier alpha value is -2.13. The van der Waals surface area contributed by atoms with E-state index in [0.717, 1.165) is 16.9 Å². The van der Waals surface area contributed by atoms with E-state index in [2.05, 4.69) is 16.5 Å². The van der Waals surface area contributed by atoms with E-state index in [4.69, 9.17) is 0 Å². The normalized spacial score (nSPS) is 10.2. The second-order valence-corrected chi connectivity index (χ2v) is 5.33. The summed E-state index contributed by atoms with van der Waals surface area (Å²) in [6.07, 6.45) is 2.35. The van der Waals surface area contributed by atoms with Gasteiger partial charge in [-0.05, 0) is 25.0 Å². The molecule has 0 aliphatic heterocycles. The lowest BCUT2D eigenvalue weighted by Crippen LogP contribution is -2.16. The van der Waals surface area contributed by atoms with Crippen LogP contribution in [-0.4, -0.2) is 15.7 Å². The molecule has 0 spiro atoms. The van der Waals surface area contributed by atoms with E-state index in [1.165, 1.54) is 16.0 Å².